The normalized spacial score (nSPS) is 15.1. The van der Waals surface area contributed by atoms with E-state index in [2.05, 4.69) is 32.9 Å². The van der Waals surface area contributed by atoms with Gasteiger partial charge in [-0.25, -0.2) is 0 Å². The SMILES string of the molecule is Cc1ccc(C)c2c1C2C. The summed E-state index contributed by atoms with van der Waals surface area (Å²) < 4.78 is 0. The highest BCUT2D eigenvalue weighted by Gasteiger charge is 2.30. The molecule has 0 unspecified atom stereocenters. The summed E-state index contributed by atoms with van der Waals surface area (Å²) in [5, 5.41) is 0. The zero-order valence-corrected chi connectivity index (χ0v) is 6.73. The van der Waals surface area contributed by atoms with Crippen molar-refractivity contribution in [3.05, 3.63) is 34.4 Å². The van der Waals surface area contributed by atoms with E-state index in [9.17, 15) is 0 Å². The lowest BCUT2D eigenvalue weighted by atomic mass is 10.2. The molecule has 0 nitrogen and oxygen atoms in total. The summed E-state index contributed by atoms with van der Waals surface area (Å²) >= 11 is 0. The number of hydrogen-bond donors (Lipinski definition) is 0. The van der Waals surface area contributed by atoms with Gasteiger partial charge in [0.25, 0.3) is 0 Å². The van der Waals surface area contributed by atoms with Crippen molar-refractivity contribution < 1.29 is 0 Å². The van der Waals surface area contributed by atoms with E-state index in [4.69, 9.17) is 0 Å². The second kappa shape index (κ2) is 1.63. The van der Waals surface area contributed by atoms with Gasteiger partial charge < -0.3 is 0 Å². The van der Waals surface area contributed by atoms with Crippen LogP contribution in [0.15, 0.2) is 12.1 Å². The fraction of sp³-hybridized carbons (Fsp3) is 0.400. The lowest BCUT2D eigenvalue weighted by molar-refractivity contribution is 1.13. The van der Waals surface area contributed by atoms with E-state index < -0.39 is 0 Å². The van der Waals surface area contributed by atoms with Crippen molar-refractivity contribution in [2.45, 2.75) is 26.7 Å². The van der Waals surface area contributed by atoms with Crippen molar-refractivity contribution in [3.8, 4) is 0 Å². The highest BCUT2D eigenvalue weighted by Crippen LogP contribution is 2.46. The van der Waals surface area contributed by atoms with Gasteiger partial charge in [-0.05, 0) is 36.1 Å². The molecule has 0 heterocycles. The van der Waals surface area contributed by atoms with Crippen LogP contribution in [-0.2, 0) is 0 Å². The van der Waals surface area contributed by atoms with Gasteiger partial charge in [-0.15, -0.1) is 0 Å². The molecular weight excluding hydrogens is 120 g/mol. The Morgan fingerprint density at radius 3 is 1.80 bits per heavy atom. The monoisotopic (exact) mass is 132 g/mol. The molecule has 0 aromatic heterocycles. The van der Waals surface area contributed by atoms with Crippen LogP contribution in [0.3, 0.4) is 0 Å². The van der Waals surface area contributed by atoms with Crippen LogP contribution in [0.1, 0.15) is 35.1 Å². The van der Waals surface area contributed by atoms with Crippen LogP contribution in [0.4, 0.5) is 0 Å². The van der Waals surface area contributed by atoms with Gasteiger partial charge in [-0.3, -0.25) is 0 Å². The Morgan fingerprint density at radius 2 is 1.40 bits per heavy atom. The van der Waals surface area contributed by atoms with E-state index in [-0.39, 0.29) is 0 Å². The Labute approximate surface area is 61.9 Å². The van der Waals surface area contributed by atoms with Gasteiger partial charge in [-0.1, -0.05) is 19.1 Å². The molecule has 0 bridgehead atoms. The van der Waals surface area contributed by atoms with Crippen LogP contribution in [-0.4, -0.2) is 0 Å². The fourth-order valence-corrected chi connectivity index (χ4v) is 1.87. The van der Waals surface area contributed by atoms with Crippen LogP contribution in [0.2, 0.25) is 0 Å². The molecular formula is C10H12. The Balaban J connectivity index is 2.64. The highest BCUT2D eigenvalue weighted by atomic mass is 14.3. The van der Waals surface area contributed by atoms with Crippen molar-refractivity contribution in [3.63, 3.8) is 0 Å². The average molecular weight is 132 g/mol. The Hall–Kier alpha value is -0.780. The maximum atomic E-state index is 2.28. The van der Waals surface area contributed by atoms with Crippen molar-refractivity contribution in [2.24, 2.45) is 0 Å². The third-order valence-electron chi connectivity index (χ3n) is 2.51. The molecule has 0 amide bonds. The topological polar surface area (TPSA) is 0 Å². The molecule has 1 aromatic rings. The molecule has 52 valence electrons. The summed E-state index contributed by atoms with van der Waals surface area (Å²) in [5.41, 5.74) is 6.13. The molecule has 0 radical (unpaired) electrons. The first-order valence-corrected chi connectivity index (χ1v) is 3.82. The third kappa shape index (κ3) is 0.566. The molecule has 0 atom stereocenters. The maximum absolute atomic E-state index is 2.28. The quantitative estimate of drug-likeness (QED) is 0.509. The van der Waals surface area contributed by atoms with Gasteiger partial charge in [0.05, 0.1) is 0 Å². The van der Waals surface area contributed by atoms with Crippen molar-refractivity contribution in [1.82, 2.24) is 0 Å². The molecule has 1 aliphatic carbocycles. The number of rotatable bonds is 0. The van der Waals surface area contributed by atoms with Crippen LogP contribution in [0, 0.1) is 13.8 Å². The number of benzene rings is 1. The van der Waals surface area contributed by atoms with Gasteiger partial charge in [0.2, 0.25) is 0 Å². The highest BCUT2D eigenvalue weighted by molar-refractivity contribution is 5.59. The summed E-state index contributed by atoms with van der Waals surface area (Å²) in [7, 11) is 0. The van der Waals surface area contributed by atoms with Crippen LogP contribution in [0.25, 0.3) is 0 Å². The minimum atomic E-state index is 0.759. The predicted octanol–water partition coefficient (Wildman–Crippen LogP) is 2.77. The third-order valence-corrected chi connectivity index (χ3v) is 2.51. The lowest BCUT2D eigenvalue weighted by Crippen LogP contribution is -1.71. The van der Waals surface area contributed by atoms with Gasteiger partial charge in [0, 0.05) is 5.92 Å². The zero-order chi connectivity index (χ0) is 7.30. The predicted molar refractivity (Wildman–Crippen MR) is 43.4 cm³/mol. The number of aryl methyl sites for hydroxylation is 2. The number of hydrogen-bond acceptors (Lipinski definition) is 0. The Morgan fingerprint density at radius 1 is 1.00 bits per heavy atom. The first-order valence-electron chi connectivity index (χ1n) is 3.82. The van der Waals surface area contributed by atoms with E-state index >= 15 is 0 Å². The van der Waals surface area contributed by atoms with E-state index in [1.54, 1.807) is 11.1 Å². The van der Waals surface area contributed by atoms with Gasteiger partial charge in [-0.2, -0.15) is 0 Å². The summed E-state index contributed by atoms with van der Waals surface area (Å²) in [4.78, 5) is 0. The molecule has 2 rings (SSSR count). The minimum Gasteiger partial charge on any atom is -0.0587 e. The summed E-state index contributed by atoms with van der Waals surface area (Å²) in [6.07, 6.45) is 0. The smallest absolute Gasteiger partial charge is 0.00723 e. The van der Waals surface area contributed by atoms with E-state index in [1.807, 2.05) is 0 Å². The molecule has 0 heteroatoms. The van der Waals surface area contributed by atoms with Crippen LogP contribution in [0.5, 0.6) is 0 Å². The molecule has 1 aliphatic rings. The van der Waals surface area contributed by atoms with Crippen molar-refractivity contribution >= 4 is 0 Å². The molecule has 0 saturated heterocycles. The molecule has 0 fully saturated rings. The maximum Gasteiger partial charge on any atom is 0.00723 e. The molecule has 0 saturated carbocycles. The first-order chi connectivity index (χ1) is 4.72. The van der Waals surface area contributed by atoms with Gasteiger partial charge in [0.1, 0.15) is 0 Å². The Bertz CT molecular complexity index is 255. The second-order valence-electron chi connectivity index (χ2n) is 3.25. The van der Waals surface area contributed by atoms with Crippen LogP contribution >= 0.6 is 0 Å². The summed E-state index contributed by atoms with van der Waals surface area (Å²) in [6, 6.07) is 4.44. The van der Waals surface area contributed by atoms with Crippen molar-refractivity contribution in [2.75, 3.05) is 0 Å². The first kappa shape index (κ1) is 5.96. The summed E-state index contributed by atoms with van der Waals surface area (Å²) in [6.45, 7) is 6.67. The second-order valence-corrected chi connectivity index (χ2v) is 3.25. The molecule has 0 spiro atoms. The number of fused-ring (bicyclic) bond motifs is 1. The lowest BCUT2D eigenvalue weighted by Gasteiger charge is -1.89. The van der Waals surface area contributed by atoms with Gasteiger partial charge in [0.15, 0.2) is 0 Å². The van der Waals surface area contributed by atoms with E-state index in [1.165, 1.54) is 11.1 Å². The molecule has 0 aliphatic heterocycles. The summed E-state index contributed by atoms with van der Waals surface area (Å²) in [5.74, 6) is 0.759. The van der Waals surface area contributed by atoms with E-state index in [0.29, 0.717) is 0 Å². The molecule has 0 N–H and O–H groups in total. The van der Waals surface area contributed by atoms with Crippen LogP contribution < -0.4 is 0 Å². The zero-order valence-electron chi connectivity index (χ0n) is 6.73. The molecule has 10 heavy (non-hydrogen) atoms. The largest absolute Gasteiger partial charge is 0.0587 e. The van der Waals surface area contributed by atoms with Crippen molar-refractivity contribution in [1.29, 1.82) is 0 Å². The fourth-order valence-electron chi connectivity index (χ4n) is 1.87. The molecule has 1 aromatic carbocycles. The minimum absolute atomic E-state index is 0.759. The van der Waals surface area contributed by atoms with E-state index in [0.717, 1.165) is 5.92 Å². The Kier molecular flexibility index (Phi) is 0.971. The van der Waals surface area contributed by atoms with Gasteiger partial charge >= 0.3 is 0 Å². The standard InChI is InChI=1S/C10H12/c1-6-4-5-7(2)10-8(3)9(6)10/h4-5,8H,1-3H3. The average Bonchev–Trinajstić information content (AvgIpc) is 2.55.